The third-order valence-corrected chi connectivity index (χ3v) is 6.80. The van der Waals surface area contributed by atoms with Crippen molar-refractivity contribution < 1.29 is 4.79 Å². The number of rotatable bonds is 6. The van der Waals surface area contributed by atoms with Gasteiger partial charge in [0.05, 0.1) is 5.75 Å². The molecule has 0 spiro atoms. The van der Waals surface area contributed by atoms with Gasteiger partial charge < -0.3 is 4.90 Å². The molecule has 1 aromatic carbocycles. The first-order valence-electron chi connectivity index (χ1n) is 10.8. The summed E-state index contributed by atoms with van der Waals surface area (Å²) in [6.07, 6.45) is 5.21. The van der Waals surface area contributed by atoms with E-state index in [0.717, 1.165) is 29.4 Å². The molecule has 1 fully saturated rings. The van der Waals surface area contributed by atoms with Crippen LogP contribution in [-0.4, -0.2) is 43.4 Å². The van der Waals surface area contributed by atoms with Crippen LogP contribution in [0.1, 0.15) is 59.4 Å². The number of hydrogen-bond acceptors (Lipinski definition) is 4. The molecule has 1 aromatic heterocycles. The molecule has 0 radical (unpaired) electrons. The Balaban J connectivity index is 1.77. The number of carbonyl (C=O) groups is 1. The minimum absolute atomic E-state index is 0.109. The number of benzene rings is 1. The van der Waals surface area contributed by atoms with Crippen LogP contribution in [0.15, 0.2) is 42.1 Å². The summed E-state index contributed by atoms with van der Waals surface area (Å²) >= 11 is 1.47. The molecule has 5 nitrogen and oxygen atoms in total. The molecule has 2 heterocycles. The number of thioether (sulfide) groups is 1. The van der Waals surface area contributed by atoms with E-state index >= 15 is 0 Å². The number of carbonyl (C=O) groups excluding carboxylic acids is 1. The van der Waals surface area contributed by atoms with Gasteiger partial charge >= 0.3 is 0 Å². The maximum atomic E-state index is 12.9. The first kappa shape index (κ1) is 22.6. The van der Waals surface area contributed by atoms with Crippen molar-refractivity contribution in [2.75, 3.05) is 5.75 Å². The smallest absolute Gasteiger partial charge is 0.233 e. The standard InChI is InChI=1S/C24H34N4OS/c1-7-15-27-22(19-11-13-20(14-12-19)24(4,5)6)25-26-23(27)30-16-21(29)28-17(2)9-8-10-18(28)3/h7,11-14,17-18H,1,8-10,15-16H2,2-6H3/t17-,18-/m1/s1. The van der Waals surface area contributed by atoms with Crippen LogP contribution in [0, 0.1) is 0 Å². The van der Waals surface area contributed by atoms with Gasteiger partial charge in [-0.3, -0.25) is 9.36 Å². The zero-order chi connectivity index (χ0) is 21.9. The van der Waals surface area contributed by atoms with Gasteiger partial charge in [-0.2, -0.15) is 0 Å². The first-order valence-corrected chi connectivity index (χ1v) is 11.8. The van der Waals surface area contributed by atoms with Crippen LogP contribution in [-0.2, 0) is 16.8 Å². The largest absolute Gasteiger partial charge is 0.337 e. The van der Waals surface area contributed by atoms with Crippen LogP contribution in [0.3, 0.4) is 0 Å². The number of likely N-dealkylation sites (tertiary alicyclic amines) is 1. The van der Waals surface area contributed by atoms with Crippen LogP contribution in [0.25, 0.3) is 11.4 Å². The van der Waals surface area contributed by atoms with Gasteiger partial charge in [0.2, 0.25) is 5.91 Å². The molecule has 2 atom stereocenters. The van der Waals surface area contributed by atoms with Crippen LogP contribution in [0.5, 0.6) is 0 Å². The highest BCUT2D eigenvalue weighted by Crippen LogP contribution is 2.29. The van der Waals surface area contributed by atoms with E-state index in [2.05, 4.69) is 80.6 Å². The number of aromatic nitrogens is 3. The molecule has 2 aromatic rings. The topological polar surface area (TPSA) is 51.0 Å². The average molecular weight is 427 g/mol. The van der Waals surface area contributed by atoms with Crippen LogP contribution in [0.4, 0.5) is 0 Å². The highest BCUT2D eigenvalue weighted by atomic mass is 32.2. The summed E-state index contributed by atoms with van der Waals surface area (Å²) in [5.74, 6) is 1.38. The van der Waals surface area contributed by atoms with Crippen LogP contribution < -0.4 is 0 Å². The lowest BCUT2D eigenvalue weighted by Crippen LogP contribution is -2.48. The molecule has 3 rings (SSSR count). The second-order valence-electron chi connectivity index (χ2n) is 9.25. The van der Waals surface area contributed by atoms with Crippen molar-refractivity contribution in [3.8, 4) is 11.4 Å². The number of amides is 1. The molecule has 0 saturated carbocycles. The van der Waals surface area contributed by atoms with Crippen LogP contribution in [0.2, 0.25) is 0 Å². The Morgan fingerprint density at radius 3 is 2.37 bits per heavy atom. The SMILES string of the molecule is C=CCn1c(SCC(=O)N2[C@H](C)CCC[C@H]2C)nnc1-c1ccc(C(C)(C)C)cc1. The van der Waals surface area contributed by atoms with E-state index in [-0.39, 0.29) is 11.3 Å². The Kier molecular flexibility index (Phi) is 7.06. The molecular formula is C24H34N4OS. The summed E-state index contributed by atoms with van der Waals surface area (Å²) in [4.78, 5) is 14.9. The van der Waals surface area contributed by atoms with Crippen LogP contribution >= 0.6 is 11.8 Å². The van der Waals surface area contributed by atoms with E-state index in [9.17, 15) is 4.79 Å². The Labute approximate surface area is 185 Å². The molecule has 0 aliphatic carbocycles. The van der Waals surface area contributed by atoms with Gasteiger partial charge in [0.15, 0.2) is 11.0 Å². The fraction of sp³-hybridized carbons (Fsp3) is 0.542. The predicted octanol–water partition coefficient (Wildman–Crippen LogP) is 5.31. The summed E-state index contributed by atoms with van der Waals surface area (Å²) in [6.45, 7) is 15.4. The van der Waals surface area contributed by atoms with E-state index in [1.54, 1.807) is 0 Å². The van der Waals surface area contributed by atoms with Gasteiger partial charge in [0.25, 0.3) is 0 Å². The molecular weight excluding hydrogens is 392 g/mol. The lowest BCUT2D eigenvalue weighted by molar-refractivity contribution is -0.134. The molecule has 1 aliphatic heterocycles. The van der Waals surface area contributed by atoms with Gasteiger partial charge in [-0.25, -0.2) is 0 Å². The van der Waals surface area contributed by atoms with E-state index in [1.165, 1.54) is 23.7 Å². The monoisotopic (exact) mass is 426 g/mol. The highest BCUT2D eigenvalue weighted by Gasteiger charge is 2.29. The Morgan fingerprint density at radius 1 is 1.17 bits per heavy atom. The summed E-state index contributed by atoms with van der Waals surface area (Å²) in [5.41, 5.74) is 2.41. The zero-order valence-corrected chi connectivity index (χ0v) is 19.7. The maximum Gasteiger partial charge on any atom is 0.233 e. The zero-order valence-electron chi connectivity index (χ0n) is 18.9. The molecule has 6 heteroatoms. The Bertz CT molecular complexity index is 872. The number of nitrogens with zero attached hydrogens (tertiary/aromatic N) is 4. The number of allylic oxidation sites excluding steroid dienone is 1. The summed E-state index contributed by atoms with van der Waals surface area (Å²) in [7, 11) is 0. The Hall–Kier alpha value is -2.08. The van der Waals surface area contributed by atoms with Gasteiger partial charge in [0, 0.05) is 24.2 Å². The van der Waals surface area contributed by atoms with E-state index in [1.807, 2.05) is 10.6 Å². The minimum atomic E-state index is 0.109. The second kappa shape index (κ2) is 9.38. The van der Waals surface area contributed by atoms with Gasteiger partial charge in [-0.15, -0.1) is 16.8 Å². The Morgan fingerprint density at radius 2 is 1.80 bits per heavy atom. The highest BCUT2D eigenvalue weighted by molar-refractivity contribution is 7.99. The molecule has 0 N–H and O–H groups in total. The fourth-order valence-corrected chi connectivity index (χ4v) is 4.95. The molecule has 1 aliphatic rings. The van der Waals surface area contributed by atoms with Crippen molar-refractivity contribution >= 4 is 17.7 Å². The third-order valence-electron chi connectivity index (χ3n) is 5.84. The normalized spacial score (nSPS) is 19.7. The van der Waals surface area contributed by atoms with Crippen molar-refractivity contribution in [2.24, 2.45) is 0 Å². The second-order valence-corrected chi connectivity index (χ2v) is 10.2. The van der Waals surface area contributed by atoms with Crippen molar-refractivity contribution in [3.63, 3.8) is 0 Å². The molecule has 162 valence electrons. The maximum absolute atomic E-state index is 12.9. The average Bonchev–Trinajstić information content (AvgIpc) is 3.08. The van der Waals surface area contributed by atoms with Gasteiger partial charge in [0.1, 0.15) is 0 Å². The molecule has 1 saturated heterocycles. The third kappa shape index (κ3) is 4.97. The fourth-order valence-electron chi connectivity index (χ4n) is 4.14. The van der Waals surface area contributed by atoms with Crippen molar-refractivity contribution in [1.82, 2.24) is 19.7 Å². The lowest BCUT2D eigenvalue weighted by Gasteiger charge is -2.39. The molecule has 0 bridgehead atoms. The summed E-state index contributed by atoms with van der Waals surface area (Å²) in [5, 5.41) is 9.59. The van der Waals surface area contributed by atoms with Gasteiger partial charge in [-0.1, -0.05) is 62.9 Å². The minimum Gasteiger partial charge on any atom is -0.337 e. The number of piperidine rings is 1. The lowest BCUT2D eigenvalue weighted by atomic mass is 9.87. The predicted molar refractivity (Wildman–Crippen MR) is 125 cm³/mol. The van der Waals surface area contributed by atoms with Gasteiger partial charge in [-0.05, 0) is 44.1 Å². The van der Waals surface area contributed by atoms with E-state index in [4.69, 9.17) is 0 Å². The quantitative estimate of drug-likeness (QED) is 0.464. The number of hydrogen-bond donors (Lipinski definition) is 0. The van der Waals surface area contributed by atoms with E-state index < -0.39 is 0 Å². The summed E-state index contributed by atoms with van der Waals surface area (Å²) in [6, 6.07) is 9.12. The first-order chi connectivity index (χ1) is 14.2. The van der Waals surface area contributed by atoms with Crippen molar-refractivity contribution in [3.05, 3.63) is 42.5 Å². The molecule has 30 heavy (non-hydrogen) atoms. The van der Waals surface area contributed by atoms with E-state index in [0.29, 0.717) is 24.4 Å². The van der Waals surface area contributed by atoms with Crippen molar-refractivity contribution in [2.45, 2.75) is 83.1 Å². The molecule has 0 unspecified atom stereocenters. The molecule has 1 amide bonds. The van der Waals surface area contributed by atoms with Crippen molar-refractivity contribution in [1.29, 1.82) is 0 Å². The summed E-state index contributed by atoms with van der Waals surface area (Å²) < 4.78 is 2.04.